The molecule has 0 aliphatic heterocycles. The van der Waals surface area contributed by atoms with Crippen LogP contribution >= 0.6 is 11.3 Å². The number of para-hydroxylation sites is 1. The Bertz CT molecular complexity index is 745. The van der Waals surface area contributed by atoms with Gasteiger partial charge in [-0.15, -0.1) is 11.3 Å². The van der Waals surface area contributed by atoms with Crippen LogP contribution in [0.1, 0.15) is 30.6 Å². The smallest absolute Gasteiger partial charge is 0.411 e. The second-order valence-corrected chi connectivity index (χ2v) is 7.17. The molecule has 1 N–H and O–H groups in total. The first kappa shape index (κ1) is 17.9. The number of carbonyl (C=O) groups is 3. The Morgan fingerprint density at radius 1 is 1.21 bits per heavy atom. The largest absolute Gasteiger partial charge is 0.480 e. The quantitative estimate of drug-likeness (QED) is 0.833. The molecular formula is C16H18N2O5S. The zero-order chi connectivity index (χ0) is 17.9. The molecule has 7 nitrogen and oxygen atoms in total. The van der Waals surface area contributed by atoms with E-state index in [1.165, 1.54) is 11.3 Å². The van der Waals surface area contributed by atoms with Gasteiger partial charge in [-0.05, 0) is 32.9 Å². The lowest BCUT2D eigenvalue weighted by molar-refractivity contribution is -0.138. The molecule has 0 atom stereocenters. The Kier molecular flexibility index (Phi) is 5.18. The van der Waals surface area contributed by atoms with Crippen molar-refractivity contribution >= 4 is 39.4 Å². The summed E-state index contributed by atoms with van der Waals surface area (Å²) < 4.78 is 6.00. The van der Waals surface area contributed by atoms with E-state index >= 15 is 0 Å². The highest BCUT2D eigenvalue weighted by Gasteiger charge is 2.27. The molecule has 0 radical (unpaired) electrons. The number of ether oxygens (including phenoxy) is 1. The van der Waals surface area contributed by atoms with E-state index < -0.39 is 36.5 Å². The molecule has 1 aromatic carbocycles. The van der Waals surface area contributed by atoms with Gasteiger partial charge in [0.2, 0.25) is 5.78 Å². The van der Waals surface area contributed by atoms with Gasteiger partial charge in [0.05, 0.1) is 16.8 Å². The van der Waals surface area contributed by atoms with Crippen molar-refractivity contribution in [3.8, 4) is 0 Å². The number of amides is 1. The summed E-state index contributed by atoms with van der Waals surface area (Å²) >= 11 is 1.20. The van der Waals surface area contributed by atoms with Crippen LogP contribution in [0.2, 0.25) is 0 Å². The van der Waals surface area contributed by atoms with Gasteiger partial charge >= 0.3 is 12.1 Å². The number of rotatable bonds is 5. The van der Waals surface area contributed by atoms with Crippen LogP contribution in [0.3, 0.4) is 0 Å². The molecule has 1 heterocycles. The standard InChI is InChI=1S/C16H18N2O5S/c1-16(2,3)23-15(22)18(9-13(20)21)8-11(19)14-17-10-6-4-5-7-12(10)24-14/h4-7H,8-9H2,1-3H3,(H,20,21). The lowest BCUT2D eigenvalue weighted by Gasteiger charge is -2.25. The third-order valence-corrected chi connectivity index (χ3v) is 3.92. The summed E-state index contributed by atoms with van der Waals surface area (Å²) in [5.41, 5.74) is -0.0971. The van der Waals surface area contributed by atoms with Gasteiger partial charge in [-0.25, -0.2) is 9.78 Å². The number of nitrogens with zero attached hydrogens (tertiary/aromatic N) is 2. The van der Waals surface area contributed by atoms with E-state index in [1.807, 2.05) is 18.2 Å². The Labute approximate surface area is 142 Å². The maximum Gasteiger partial charge on any atom is 0.411 e. The molecule has 8 heteroatoms. The number of aromatic nitrogens is 1. The van der Waals surface area contributed by atoms with Crippen LogP contribution in [0, 0.1) is 0 Å². The molecule has 24 heavy (non-hydrogen) atoms. The summed E-state index contributed by atoms with van der Waals surface area (Å²) in [6, 6.07) is 7.28. The maximum absolute atomic E-state index is 12.4. The first-order valence-electron chi connectivity index (χ1n) is 7.24. The minimum absolute atomic E-state index is 0.232. The molecule has 0 bridgehead atoms. The van der Waals surface area contributed by atoms with Gasteiger partial charge in [-0.3, -0.25) is 14.5 Å². The van der Waals surface area contributed by atoms with Crippen LogP contribution in [0.5, 0.6) is 0 Å². The number of fused-ring (bicyclic) bond motifs is 1. The van der Waals surface area contributed by atoms with Crippen LogP contribution in [0.4, 0.5) is 4.79 Å². The van der Waals surface area contributed by atoms with Crippen LogP contribution in [-0.4, -0.2) is 51.5 Å². The average molecular weight is 350 g/mol. The average Bonchev–Trinajstić information content (AvgIpc) is 2.88. The number of aliphatic carboxylic acids is 1. The Hall–Kier alpha value is -2.48. The molecule has 128 valence electrons. The summed E-state index contributed by atoms with van der Waals surface area (Å²) in [5, 5.41) is 9.19. The Morgan fingerprint density at radius 3 is 2.46 bits per heavy atom. The predicted molar refractivity (Wildman–Crippen MR) is 89.4 cm³/mol. The molecule has 2 aromatic rings. The molecule has 0 unspecified atom stereocenters. The van der Waals surface area contributed by atoms with Crippen LogP contribution < -0.4 is 0 Å². The minimum atomic E-state index is -1.22. The highest BCUT2D eigenvalue weighted by atomic mass is 32.1. The molecule has 1 aromatic heterocycles. The second kappa shape index (κ2) is 6.96. The number of hydrogen-bond donors (Lipinski definition) is 1. The van der Waals surface area contributed by atoms with Crippen molar-refractivity contribution in [1.82, 2.24) is 9.88 Å². The van der Waals surface area contributed by atoms with E-state index in [2.05, 4.69) is 4.98 Å². The van der Waals surface area contributed by atoms with Crippen molar-refractivity contribution in [2.45, 2.75) is 26.4 Å². The van der Waals surface area contributed by atoms with Crippen molar-refractivity contribution in [2.24, 2.45) is 0 Å². The molecule has 0 saturated carbocycles. The summed E-state index contributed by atoms with van der Waals surface area (Å²) in [6.45, 7) is 3.98. The highest BCUT2D eigenvalue weighted by molar-refractivity contribution is 7.20. The van der Waals surface area contributed by atoms with Gasteiger partial charge < -0.3 is 9.84 Å². The second-order valence-electron chi connectivity index (χ2n) is 6.14. The number of thiazole rings is 1. The van der Waals surface area contributed by atoms with Crippen molar-refractivity contribution in [3.05, 3.63) is 29.3 Å². The molecule has 0 aliphatic rings. The third kappa shape index (κ3) is 4.76. The van der Waals surface area contributed by atoms with Crippen molar-refractivity contribution in [2.75, 3.05) is 13.1 Å². The van der Waals surface area contributed by atoms with Gasteiger partial charge in [0.15, 0.2) is 5.01 Å². The molecule has 0 spiro atoms. The molecule has 1 amide bonds. The van der Waals surface area contributed by atoms with E-state index in [-0.39, 0.29) is 5.01 Å². The van der Waals surface area contributed by atoms with Gasteiger partial charge in [0.25, 0.3) is 0 Å². The summed E-state index contributed by atoms with van der Waals surface area (Å²) in [6.07, 6.45) is -0.848. The molecular weight excluding hydrogens is 332 g/mol. The van der Waals surface area contributed by atoms with Crippen LogP contribution in [-0.2, 0) is 9.53 Å². The van der Waals surface area contributed by atoms with Crippen LogP contribution in [0.15, 0.2) is 24.3 Å². The first-order chi connectivity index (χ1) is 11.2. The number of hydrogen-bond acceptors (Lipinski definition) is 6. The lowest BCUT2D eigenvalue weighted by Crippen LogP contribution is -2.42. The number of carboxylic acids is 1. The molecule has 0 fully saturated rings. The van der Waals surface area contributed by atoms with E-state index in [0.29, 0.717) is 5.52 Å². The fourth-order valence-electron chi connectivity index (χ4n) is 1.91. The number of carboxylic acid groups (broad SMARTS) is 1. The van der Waals surface area contributed by atoms with Crippen molar-refractivity contribution < 1.29 is 24.2 Å². The minimum Gasteiger partial charge on any atom is -0.480 e. The van der Waals surface area contributed by atoms with E-state index in [9.17, 15) is 14.4 Å². The first-order valence-corrected chi connectivity index (χ1v) is 8.06. The fourth-order valence-corrected chi connectivity index (χ4v) is 2.80. The zero-order valence-electron chi connectivity index (χ0n) is 13.6. The number of benzene rings is 1. The normalized spacial score (nSPS) is 11.3. The summed E-state index contributed by atoms with van der Waals surface area (Å²) in [7, 11) is 0. The summed E-state index contributed by atoms with van der Waals surface area (Å²) in [5.74, 6) is -1.65. The topological polar surface area (TPSA) is 96.8 Å². The third-order valence-electron chi connectivity index (χ3n) is 2.84. The highest BCUT2D eigenvalue weighted by Crippen LogP contribution is 2.22. The molecule has 0 saturated heterocycles. The van der Waals surface area contributed by atoms with Gasteiger partial charge in [-0.1, -0.05) is 12.1 Å². The SMILES string of the molecule is CC(C)(C)OC(=O)N(CC(=O)O)CC(=O)c1nc2ccccc2s1. The monoisotopic (exact) mass is 350 g/mol. The Balaban J connectivity index is 2.16. The van der Waals surface area contributed by atoms with Gasteiger partial charge in [0, 0.05) is 0 Å². The van der Waals surface area contributed by atoms with E-state index in [4.69, 9.17) is 9.84 Å². The number of ketones is 1. The van der Waals surface area contributed by atoms with Crippen molar-refractivity contribution in [3.63, 3.8) is 0 Å². The van der Waals surface area contributed by atoms with Gasteiger partial charge in [-0.2, -0.15) is 0 Å². The molecule has 0 aliphatic carbocycles. The predicted octanol–water partition coefficient (Wildman–Crippen LogP) is 2.80. The van der Waals surface area contributed by atoms with Gasteiger partial charge in [0.1, 0.15) is 12.1 Å². The van der Waals surface area contributed by atoms with E-state index in [1.54, 1.807) is 26.8 Å². The fraction of sp³-hybridized carbons (Fsp3) is 0.375. The Morgan fingerprint density at radius 2 is 1.88 bits per heavy atom. The number of carbonyl (C=O) groups excluding carboxylic acids is 2. The van der Waals surface area contributed by atoms with E-state index in [0.717, 1.165) is 9.60 Å². The molecule has 2 rings (SSSR count). The summed E-state index contributed by atoms with van der Waals surface area (Å²) in [4.78, 5) is 40.5. The maximum atomic E-state index is 12.4. The lowest BCUT2D eigenvalue weighted by atomic mass is 10.2. The van der Waals surface area contributed by atoms with Crippen LogP contribution in [0.25, 0.3) is 10.2 Å². The number of Topliss-reactive ketones (excluding diaryl/α,β-unsaturated/α-hetero) is 1. The van der Waals surface area contributed by atoms with Crippen molar-refractivity contribution in [1.29, 1.82) is 0 Å². The zero-order valence-corrected chi connectivity index (χ0v) is 14.4.